The number of aromatic nitrogens is 3. The van der Waals surface area contributed by atoms with Crippen LogP contribution in [0.15, 0.2) is 30.5 Å². The van der Waals surface area contributed by atoms with Crippen molar-refractivity contribution >= 4 is 49.0 Å². The number of thiophene rings is 1. The minimum atomic E-state index is -5.17. The van der Waals surface area contributed by atoms with Crippen molar-refractivity contribution in [1.29, 1.82) is 5.26 Å². The highest BCUT2D eigenvalue weighted by atomic mass is 32.1. The van der Waals surface area contributed by atoms with Gasteiger partial charge in [0.05, 0.1) is 28.8 Å². The number of ether oxygens (including phenoxy) is 2. The Balaban J connectivity index is 1.74. The van der Waals surface area contributed by atoms with Gasteiger partial charge < -0.3 is 25.8 Å². The van der Waals surface area contributed by atoms with Crippen molar-refractivity contribution in [2.24, 2.45) is 0 Å². The van der Waals surface area contributed by atoms with Gasteiger partial charge in [0.15, 0.2) is 5.82 Å². The number of benzene rings is 2. The Bertz CT molecular complexity index is 1970. The summed E-state index contributed by atoms with van der Waals surface area (Å²) in [4.78, 5) is 14.1. The minimum absolute atomic E-state index is 0.0371. The second-order valence-electron chi connectivity index (χ2n) is 9.45. The summed E-state index contributed by atoms with van der Waals surface area (Å²) in [7, 11) is 0. The molecule has 0 saturated heterocycles. The van der Waals surface area contributed by atoms with Crippen molar-refractivity contribution < 1.29 is 31.4 Å². The first kappa shape index (κ1) is 28.2. The van der Waals surface area contributed by atoms with Gasteiger partial charge in [-0.05, 0) is 24.6 Å². The number of nitrogens with two attached hydrogens (primary N) is 2. The number of hydrogen-bond acceptors (Lipinski definition) is 10. The van der Waals surface area contributed by atoms with Crippen molar-refractivity contribution in [2.45, 2.75) is 19.6 Å². The SMILES string of the molecule is CCOc1nc2c3c(c(C(F)(F)F)c(-c4ccc(F)c5sc(N)c(C#N)c45)c(F)c3n1)OCCN2Cc1cccnc1N. The van der Waals surface area contributed by atoms with Crippen molar-refractivity contribution in [2.75, 3.05) is 36.1 Å². The number of fused-ring (bicyclic) bond motifs is 1. The van der Waals surface area contributed by atoms with E-state index in [2.05, 4.69) is 15.0 Å². The monoisotopic (exact) mass is 613 g/mol. The van der Waals surface area contributed by atoms with Gasteiger partial charge in [0.2, 0.25) is 0 Å². The van der Waals surface area contributed by atoms with Crippen LogP contribution in [0.3, 0.4) is 0 Å². The van der Waals surface area contributed by atoms with Gasteiger partial charge in [-0.15, -0.1) is 11.3 Å². The number of alkyl halides is 3. The second-order valence-corrected chi connectivity index (χ2v) is 10.5. The molecule has 2 aromatic carbocycles. The van der Waals surface area contributed by atoms with Gasteiger partial charge in [0, 0.05) is 29.3 Å². The maximum absolute atomic E-state index is 16.8. The standard InChI is InChI=1S/C28H20F5N7O2S/c1-2-41-27-38-21-18-22(42-9-8-40(26(18)39-27)11-12-4-3-7-37-24(12)35)19(28(31,32)33)17(20(21)30)13-5-6-15(29)23-16(13)14(10-34)25(36)43-23/h3-7H,2,8-9,11,36H2,1H3,(H2,35,37). The summed E-state index contributed by atoms with van der Waals surface area (Å²) in [5, 5.41) is 9.04. The van der Waals surface area contributed by atoms with E-state index in [9.17, 15) is 9.65 Å². The highest BCUT2D eigenvalue weighted by Crippen LogP contribution is 2.53. The van der Waals surface area contributed by atoms with Gasteiger partial charge in [-0.3, -0.25) is 0 Å². The molecule has 5 aromatic rings. The topological polar surface area (TPSA) is 136 Å². The molecule has 0 radical (unpaired) electrons. The molecule has 15 heteroatoms. The Hall–Kier alpha value is -4.97. The molecule has 3 aromatic heterocycles. The molecule has 220 valence electrons. The van der Waals surface area contributed by atoms with Crippen LogP contribution in [0.4, 0.5) is 38.6 Å². The molecule has 4 N–H and O–H groups in total. The van der Waals surface area contributed by atoms with Crippen LogP contribution in [0, 0.1) is 23.0 Å². The van der Waals surface area contributed by atoms with E-state index >= 15 is 17.6 Å². The van der Waals surface area contributed by atoms with Crippen LogP contribution < -0.4 is 25.8 Å². The number of nitrogens with zero attached hydrogens (tertiary/aromatic N) is 5. The summed E-state index contributed by atoms with van der Waals surface area (Å²) in [6.07, 6.45) is -3.68. The average molecular weight is 614 g/mol. The Morgan fingerprint density at radius 1 is 1.16 bits per heavy atom. The van der Waals surface area contributed by atoms with Gasteiger partial charge in [-0.25, -0.2) is 13.8 Å². The third-order valence-electron chi connectivity index (χ3n) is 6.95. The van der Waals surface area contributed by atoms with Crippen LogP contribution in [-0.4, -0.2) is 34.7 Å². The molecule has 43 heavy (non-hydrogen) atoms. The van der Waals surface area contributed by atoms with E-state index in [0.29, 0.717) is 16.9 Å². The number of nitriles is 1. The van der Waals surface area contributed by atoms with Gasteiger partial charge >= 0.3 is 12.2 Å². The predicted molar refractivity (Wildman–Crippen MR) is 151 cm³/mol. The van der Waals surface area contributed by atoms with Crippen LogP contribution in [0.25, 0.3) is 32.1 Å². The third kappa shape index (κ3) is 4.54. The zero-order valence-corrected chi connectivity index (χ0v) is 23.0. The molecule has 0 fully saturated rings. The molecule has 4 heterocycles. The molecular weight excluding hydrogens is 593 g/mol. The van der Waals surface area contributed by atoms with E-state index in [0.717, 1.165) is 12.1 Å². The molecule has 6 rings (SSSR count). The first-order valence-electron chi connectivity index (χ1n) is 12.8. The molecule has 1 aliphatic rings. The molecule has 1 aliphatic heterocycles. The largest absolute Gasteiger partial charge is 0.490 e. The van der Waals surface area contributed by atoms with Crippen LogP contribution in [0.2, 0.25) is 0 Å². The summed E-state index contributed by atoms with van der Waals surface area (Å²) >= 11 is 0.678. The summed E-state index contributed by atoms with van der Waals surface area (Å²) < 4.78 is 87.7. The van der Waals surface area contributed by atoms with Crippen LogP contribution in [0.1, 0.15) is 23.6 Å². The number of halogens is 5. The molecule has 0 spiro atoms. The number of nitrogen functional groups attached to an aromatic ring is 2. The first-order valence-corrected chi connectivity index (χ1v) is 13.6. The Labute approximate surface area is 244 Å². The zero-order chi connectivity index (χ0) is 30.6. The van der Waals surface area contributed by atoms with Crippen LogP contribution >= 0.6 is 11.3 Å². The lowest BCUT2D eigenvalue weighted by atomic mass is 9.91. The van der Waals surface area contributed by atoms with Crippen LogP contribution in [0.5, 0.6) is 11.8 Å². The quantitative estimate of drug-likeness (QED) is 0.228. The minimum Gasteiger partial charge on any atom is -0.490 e. The summed E-state index contributed by atoms with van der Waals surface area (Å²) in [6, 6.07) is 6.75. The average Bonchev–Trinajstić information content (AvgIpc) is 3.20. The van der Waals surface area contributed by atoms with E-state index < -0.39 is 45.8 Å². The van der Waals surface area contributed by atoms with E-state index in [1.165, 1.54) is 6.20 Å². The normalized spacial score (nSPS) is 13.2. The fraction of sp³-hybridized carbons (Fsp3) is 0.214. The Morgan fingerprint density at radius 2 is 1.95 bits per heavy atom. The summed E-state index contributed by atoms with van der Waals surface area (Å²) in [5.41, 5.74) is 8.88. The Morgan fingerprint density at radius 3 is 2.65 bits per heavy atom. The van der Waals surface area contributed by atoms with Crippen molar-refractivity contribution in [3.63, 3.8) is 0 Å². The molecular formula is C28H20F5N7O2S. The maximum atomic E-state index is 16.8. The molecule has 0 bridgehead atoms. The maximum Gasteiger partial charge on any atom is 0.420 e. The van der Waals surface area contributed by atoms with Crippen molar-refractivity contribution in [1.82, 2.24) is 15.0 Å². The lowest BCUT2D eigenvalue weighted by Gasteiger charge is -2.24. The van der Waals surface area contributed by atoms with Gasteiger partial charge in [-0.2, -0.15) is 28.4 Å². The third-order valence-corrected chi connectivity index (χ3v) is 7.98. The zero-order valence-electron chi connectivity index (χ0n) is 22.2. The number of pyridine rings is 1. The predicted octanol–water partition coefficient (Wildman–Crippen LogP) is 6.04. The van der Waals surface area contributed by atoms with E-state index in [1.807, 2.05) is 0 Å². The van der Waals surface area contributed by atoms with Crippen LogP contribution in [-0.2, 0) is 12.7 Å². The van der Waals surface area contributed by atoms with E-state index in [-0.39, 0.29) is 70.0 Å². The second kappa shape index (κ2) is 10.4. The lowest BCUT2D eigenvalue weighted by molar-refractivity contribution is -0.138. The lowest BCUT2D eigenvalue weighted by Crippen LogP contribution is -2.28. The molecule has 0 saturated carbocycles. The molecule has 9 nitrogen and oxygen atoms in total. The molecule has 0 aliphatic carbocycles. The van der Waals surface area contributed by atoms with Crippen molar-refractivity contribution in [3.8, 4) is 29.0 Å². The fourth-order valence-corrected chi connectivity index (χ4v) is 6.12. The highest BCUT2D eigenvalue weighted by Gasteiger charge is 2.43. The van der Waals surface area contributed by atoms with E-state index in [1.54, 1.807) is 30.0 Å². The van der Waals surface area contributed by atoms with Crippen molar-refractivity contribution in [3.05, 3.63) is 58.8 Å². The Kier molecular flexibility index (Phi) is 6.80. The first-order chi connectivity index (χ1) is 20.5. The fourth-order valence-electron chi connectivity index (χ4n) is 5.17. The summed E-state index contributed by atoms with van der Waals surface area (Å²) in [5.74, 6) is -2.79. The highest BCUT2D eigenvalue weighted by molar-refractivity contribution is 7.23. The van der Waals surface area contributed by atoms with Gasteiger partial charge in [-0.1, -0.05) is 12.1 Å². The number of hydrogen-bond donors (Lipinski definition) is 2. The molecule has 0 atom stereocenters. The molecule has 0 unspecified atom stereocenters. The van der Waals surface area contributed by atoms with E-state index in [4.69, 9.17) is 20.9 Å². The smallest absolute Gasteiger partial charge is 0.420 e. The number of anilines is 3. The summed E-state index contributed by atoms with van der Waals surface area (Å²) in [6.45, 7) is 1.56. The van der Waals surface area contributed by atoms with Gasteiger partial charge in [0.25, 0.3) is 0 Å². The molecule has 0 amide bonds. The van der Waals surface area contributed by atoms with Gasteiger partial charge in [0.1, 0.15) is 52.0 Å². The number of rotatable bonds is 5.